The molecule has 0 N–H and O–H groups in total. The van der Waals surface area contributed by atoms with Crippen molar-refractivity contribution >= 4 is 0 Å². The fourth-order valence-corrected chi connectivity index (χ4v) is 4.88. The molecule has 0 saturated carbocycles. The number of pyridine rings is 2. The lowest BCUT2D eigenvalue weighted by molar-refractivity contribution is 1.07. The highest BCUT2D eigenvalue weighted by atomic mass is 15.0. The van der Waals surface area contributed by atoms with Gasteiger partial charge in [0.2, 0.25) is 0 Å². The van der Waals surface area contributed by atoms with Crippen molar-refractivity contribution in [3.63, 3.8) is 0 Å². The first-order chi connectivity index (χ1) is 20.8. The molecule has 0 atom stereocenters. The van der Waals surface area contributed by atoms with Crippen LogP contribution >= 0.6 is 0 Å². The van der Waals surface area contributed by atoms with Gasteiger partial charge < -0.3 is 0 Å². The van der Waals surface area contributed by atoms with E-state index in [1.54, 1.807) is 6.20 Å². The zero-order valence-corrected chi connectivity index (χ0v) is 22.7. The minimum atomic E-state index is 0.641. The van der Waals surface area contributed by atoms with Crippen molar-refractivity contribution in [2.45, 2.75) is 0 Å². The summed E-state index contributed by atoms with van der Waals surface area (Å²) in [6.45, 7) is 0. The molecule has 0 amide bonds. The Bertz CT molecular complexity index is 1880. The van der Waals surface area contributed by atoms with E-state index < -0.39 is 0 Å². The monoisotopic (exact) mass is 539 g/mol. The second-order valence-corrected chi connectivity index (χ2v) is 9.87. The largest absolute Gasteiger partial charge is 0.264 e. The fraction of sp³-hybridized carbons (Fsp3) is 0. The molecule has 0 aliphatic carbocycles. The summed E-state index contributed by atoms with van der Waals surface area (Å²) in [7, 11) is 0. The van der Waals surface area contributed by atoms with Gasteiger partial charge in [-0.3, -0.25) is 9.97 Å². The van der Waals surface area contributed by atoms with E-state index in [9.17, 15) is 0 Å². The summed E-state index contributed by atoms with van der Waals surface area (Å²) in [5, 5.41) is 0. The van der Waals surface area contributed by atoms with E-state index >= 15 is 0 Å². The van der Waals surface area contributed by atoms with Crippen LogP contribution < -0.4 is 0 Å². The topological polar surface area (TPSA) is 64.5 Å². The van der Waals surface area contributed by atoms with Crippen LogP contribution in [0.25, 0.3) is 67.7 Å². The predicted molar refractivity (Wildman–Crippen MR) is 168 cm³/mol. The smallest absolute Gasteiger partial charge is 0.164 e. The second kappa shape index (κ2) is 11.4. The van der Waals surface area contributed by atoms with Crippen molar-refractivity contribution in [2.75, 3.05) is 0 Å². The molecule has 0 bridgehead atoms. The average molecular weight is 540 g/mol. The average Bonchev–Trinajstić information content (AvgIpc) is 3.09. The standard InChI is InChI=1S/C37H25N5/c1-3-9-27(10-4-1)35-40-36(28-11-5-2-6-12-28)42-37(41-35)29-18-16-26(17-19-29)30-13-7-14-31(23-30)32-20-21-34(39-25-32)33-15-8-22-38-24-33/h1-25H. The lowest BCUT2D eigenvalue weighted by Gasteiger charge is -2.10. The highest BCUT2D eigenvalue weighted by Crippen LogP contribution is 2.30. The van der Waals surface area contributed by atoms with Crippen LogP contribution in [0.1, 0.15) is 0 Å². The molecule has 3 aromatic heterocycles. The number of benzene rings is 4. The van der Waals surface area contributed by atoms with E-state index in [1.165, 1.54) is 0 Å². The maximum Gasteiger partial charge on any atom is 0.164 e. The Morgan fingerprint density at radius 1 is 0.333 bits per heavy atom. The van der Waals surface area contributed by atoms with Crippen molar-refractivity contribution in [3.8, 4) is 67.7 Å². The van der Waals surface area contributed by atoms with Gasteiger partial charge in [0.05, 0.1) is 5.69 Å². The van der Waals surface area contributed by atoms with Gasteiger partial charge in [0.1, 0.15) is 0 Å². The molecule has 7 aromatic rings. The van der Waals surface area contributed by atoms with Gasteiger partial charge in [0, 0.05) is 46.4 Å². The normalized spacial score (nSPS) is 10.9. The molecule has 0 unspecified atom stereocenters. The molecule has 0 spiro atoms. The van der Waals surface area contributed by atoms with Crippen LogP contribution in [0, 0.1) is 0 Å². The van der Waals surface area contributed by atoms with Crippen LogP contribution in [0.3, 0.4) is 0 Å². The molecular formula is C37H25N5. The Labute approximate surface area is 244 Å². The van der Waals surface area contributed by atoms with E-state index in [-0.39, 0.29) is 0 Å². The van der Waals surface area contributed by atoms with E-state index in [1.807, 2.05) is 91.3 Å². The third-order valence-corrected chi connectivity index (χ3v) is 7.09. The number of aromatic nitrogens is 5. The quantitative estimate of drug-likeness (QED) is 0.212. The molecule has 0 aliphatic rings. The van der Waals surface area contributed by atoms with E-state index in [4.69, 9.17) is 15.0 Å². The maximum atomic E-state index is 4.85. The minimum absolute atomic E-state index is 0.641. The Kier molecular flexibility index (Phi) is 6.81. The first-order valence-corrected chi connectivity index (χ1v) is 13.7. The number of nitrogens with zero attached hydrogens (tertiary/aromatic N) is 5. The van der Waals surface area contributed by atoms with Crippen LogP contribution in [-0.2, 0) is 0 Å². The summed E-state index contributed by atoms with van der Waals surface area (Å²) in [5.74, 6) is 1.95. The Morgan fingerprint density at radius 2 is 0.833 bits per heavy atom. The summed E-state index contributed by atoms with van der Waals surface area (Å²) in [4.78, 5) is 23.4. The molecule has 7 rings (SSSR count). The summed E-state index contributed by atoms with van der Waals surface area (Å²) in [6, 6.07) is 45.0. The van der Waals surface area contributed by atoms with Crippen LogP contribution in [0.4, 0.5) is 0 Å². The summed E-state index contributed by atoms with van der Waals surface area (Å²) in [5.41, 5.74) is 9.16. The van der Waals surface area contributed by atoms with Gasteiger partial charge in [-0.15, -0.1) is 0 Å². The highest BCUT2D eigenvalue weighted by molar-refractivity contribution is 5.75. The van der Waals surface area contributed by atoms with E-state index in [0.717, 1.165) is 50.2 Å². The van der Waals surface area contributed by atoms with E-state index in [0.29, 0.717) is 17.5 Å². The Morgan fingerprint density at radius 3 is 1.38 bits per heavy atom. The highest BCUT2D eigenvalue weighted by Gasteiger charge is 2.12. The number of rotatable bonds is 6. The van der Waals surface area contributed by atoms with Crippen molar-refractivity contribution in [1.82, 2.24) is 24.9 Å². The first kappa shape index (κ1) is 25.2. The lowest BCUT2D eigenvalue weighted by Crippen LogP contribution is -2.00. The van der Waals surface area contributed by atoms with Gasteiger partial charge in [-0.05, 0) is 41.0 Å². The zero-order chi connectivity index (χ0) is 28.1. The third-order valence-electron chi connectivity index (χ3n) is 7.09. The molecule has 42 heavy (non-hydrogen) atoms. The number of hydrogen-bond donors (Lipinski definition) is 0. The summed E-state index contributed by atoms with van der Waals surface area (Å²) in [6.07, 6.45) is 5.51. The molecule has 0 saturated heterocycles. The summed E-state index contributed by atoms with van der Waals surface area (Å²) >= 11 is 0. The third kappa shape index (κ3) is 5.31. The predicted octanol–water partition coefficient (Wildman–Crippen LogP) is 8.66. The molecule has 5 heteroatoms. The molecule has 0 aliphatic heterocycles. The van der Waals surface area contributed by atoms with Crippen LogP contribution in [0.2, 0.25) is 0 Å². The zero-order valence-electron chi connectivity index (χ0n) is 22.7. The minimum Gasteiger partial charge on any atom is -0.264 e. The SMILES string of the molecule is c1ccc(-c2nc(-c3ccccc3)nc(-c3ccc(-c4cccc(-c5ccc(-c6cccnc6)nc5)c4)cc3)n2)cc1. The molecule has 5 nitrogen and oxygen atoms in total. The van der Waals surface area contributed by atoms with Crippen LogP contribution in [0.5, 0.6) is 0 Å². The van der Waals surface area contributed by atoms with Crippen LogP contribution in [-0.4, -0.2) is 24.9 Å². The van der Waals surface area contributed by atoms with Gasteiger partial charge >= 0.3 is 0 Å². The maximum absolute atomic E-state index is 4.85. The van der Waals surface area contributed by atoms with Crippen molar-refractivity contribution in [3.05, 3.63) is 152 Å². The van der Waals surface area contributed by atoms with Crippen molar-refractivity contribution in [1.29, 1.82) is 0 Å². The van der Waals surface area contributed by atoms with Crippen molar-refractivity contribution in [2.24, 2.45) is 0 Å². The lowest BCUT2D eigenvalue weighted by atomic mass is 9.98. The molecule has 4 aromatic carbocycles. The van der Waals surface area contributed by atoms with Gasteiger partial charge in [-0.2, -0.15) is 0 Å². The molecule has 0 fully saturated rings. The van der Waals surface area contributed by atoms with E-state index in [2.05, 4.69) is 64.6 Å². The first-order valence-electron chi connectivity index (χ1n) is 13.7. The molecule has 0 radical (unpaired) electrons. The number of hydrogen-bond acceptors (Lipinski definition) is 5. The fourth-order valence-electron chi connectivity index (χ4n) is 4.88. The summed E-state index contributed by atoms with van der Waals surface area (Å²) < 4.78 is 0. The second-order valence-electron chi connectivity index (χ2n) is 9.87. The Balaban J connectivity index is 1.20. The Hall–Kier alpha value is -5.81. The van der Waals surface area contributed by atoms with Gasteiger partial charge in [-0.25, -0.2) is 15.0 Å². The molecule has 198 valence electrons. The molecule has 3 heterocycles. The molecular weight excluding hydrogens is 514 g/mol. The van der Waals surface area contributed by atoms with Crippen LogP contribution in [0.15, 0.2) is 152 Å². The van der Waals surface area contributed by atoms with Crippen molar-refractivity contribution < 1.29 is 0 Å². The van der Waals surface area contributed by atoms with Gasteiger partial charge in [0.25, 0.3) is 0 Å². The van der Waals surface area contributed by atoms with Gasteiger partial charge in [-0.1, -0.05) is 109 Å². The van der Waals surface area contributed by atoms with Gasteiger partial charge in [0.15, 0.2) is 17.5 Å².